The summed E-state index contributed by atoms with van der Waals surface area (Å²) in [5, 5.41) is 18.6. The van der Waals surface area contributed by atoms with E-state index in [0.29, 0.717) is 24.2 Å². The van der Waals surface area contributed by atoms with Gasteiger partial charge in [0.2, 0.25) is 0 Å². The number of imidazole rings is 1. The Bertz CT molecular complexity index is 1420. The van der Waals surface area contributed by atoms with Crippen LogP contribution in [0.4, 0.5) is 0 Å². The normalized spacial score (nSPS) is 16.1. The Morgan fingerprint density at radius 1 is 1.15 bits per heavy atom. The molecule has 0 radical (unpaired) electrons. The molecule has 0 aliphatic carbocycles. The summed E-state index contributed by atoms with van der Waals surface area (Å²) in [7, 11) is 0. The average molecular weight is 435 g/mol. The van der Waals surface area contributed by atoms with Gasteiger partial charge in [-0.1, -0.05) is 12.1 Å². The predicted octanol–water partition coefficient (Wildman–Crippen LogP) is 3.45. The standard InChI is InChI=1S/C26H21N5O2/c27-13-17-1-3-18(4-2-17)20-12-24-25-28-8-10-31(25)23-6-5-19(11-21(23)15-29(24)14-20)26(33)30-9-7-22(30)16-32/h1-6,8,10-12,14,22,32H,7,9,15-16H2/t22-/m0/s1. The molecule has 1 amide bonds. The molecule has 0 unspecified atom stereocenters. The first-order valence-electron chi connectivity index (χ1n) is 11.0. The van der Waals surface area contributed by atoms with Crippen molar-refractivity contribution in [2.45, 2.75) is 19.0 Å². The number of fused-ring (bicyclic) bond motifs is 5. The molecule has 1 atom stereocenters. The maximum atomic E-state index is 13.0. The Kier molecular flexibility index (Phi) is 4.42. The minimum absolute atomic E-state index is 0.0000717. The zero-order valence-corrected chi connectivity index (χ0v) is 17.8. The SMILES string of the molecule is N#Cc1ccc(-c2cc3n(c2)Cc2cc(C(=O)N4CC[C@H]4CO)ccc2-n2ccnc2-3)cc1. The molecule has 4 aromatic rings. The van der Waals surface area contributed by atoms with E-state index in [4.69, 9.17) is 5.26 Å². The lowest BCUT2D eigenvalue weighted by molar-refractivity contribution is 0.0296. The summed E-state index contributed by atoms with van der Waals surface area (Å²) in [6.45, 7) is 1.29. The van der Waals surface area contributed by atoms with Gasteiger partial charge in [0.1, 0.15) is 0 Å². The zero-order chi connectivity index (χ0) is 22.5. The molecule has 4 heterocycles. The van der Waals surface area contributed by atoms with E-state index in [1.165, 1.54) is 0 Å². The van der Waals surface area contributed by atoms with Crippen molar-refractivity contribution in [2.24, 2.45) is 0 Å². The number of carbonyl (C=O) groups is 1. The second-order valence-electron chi connectivity index (χ2n) is 8.52. The molecule has 1 saturated heterocycles. The van der Waals surface area contributed by atoms with Gasteiger partial charge < -0.3 is 14.6 Å². The second kappa shape index (κ2) is 7.47. The zero-order valence-electron chi connectivity index (χ0n) is 17.8. The van der Waals surface area contributed by atoms with E-state index in [2.05, 4.69) is 32.5 Å². The minimum atomic E-state index is -0.0809. The van der Waals surface area contributed by atoms with Crippen LogP contribution >= 0.6 is 0 Å². The van der Waals surface area contributed by atoms with E-state index in [9.17, 15) is 9.90 Å². The van der Waals surface area contributed by atoms with Crippen molar-refractivity contribution < 1.29 is 9.90 Å². The average Bonchev–Trinajstić information content (AvgIpc) is 3.44. The van der Waals surface area contributed by atoms with Crippen LogP contribution in [0.5, 0.6) is 0 Å². The number of aliphatic hydroxyl groups is 1. The molecule has 2 aliphatic heterocycles. The summed E-state index contributed by atoms with van der Waals surface area (Å²) in [5.74, 6) is 0.806. The summed E-state index contributed by atoms with van der Waals surface area (Å²) in [6.07, 6.45) is 6.66. The fourth-order valence-electron chi connectivity index (χ4n) is 4.74. The highest BCUT2D eigenvalue weighted by Gasteiger charge is 2.32. The molecule has 1 N–H and O–H groups in total. The van der Waals surface area contributed by atoms with E-state index in [1.807, 2.05) is 48.7 Å². The first-order valence-corrected chi connectivity index (χ1v) is 11.0. The van der Waals surface area contributed by atoms with Gasteiger partial charge in [0.25, 0.3) is 5.91 Å². The molecular weight excluding hydrogens is 414 g/mol. The van der Waals surface area contributed by atoms with Gasteiger partial charge in [-0.2, -0.15) is 5.26 Å². The van der Waals surface area contributed by atoms with Crippen molar-refractivity contribution in [3.05, 3.63) is 83.8 Å². The lowest BCUT2D eigenvalue weighted by atomic mass is 10.0. The number of nitrogens with zero attached hydrogens (tertiary/aromatic N) is 5. The second-order valence-corrected chi connectivity index (χ2v) is 8.52. The van der Waals surface area contributed by atoms with Crippen LogP contribution in [-0.4, -0.2) is 49.2 Å². The largest absolute Gasteiger partial charge is 0.394 e. The third-order valence-electron chi connectivity index (χ3n) is 6.66. The van der Waals surface area contributed by atoms with Gasteiger partial charge in [0, 0.05) is 42.8 Å². The molecule has 2 aromatic heterocycles. The highest BCUT2D eigenvalue weighted by atomic mass is 16.3. The highest BCUT2D eigenvalue weighted by Crippen LogP contribution is 2.34. The van der Waals surface area contributed by atoms with Crippen LogP contribution < -0.4 is 0 Å². The van der Waals surface area contributed by atoms with Gasteiger partial charge in [-0.15, -0.1) is 0 Å². The van der Waals surface area contributed by atoms with Gasteiger partial charge >= 0.3 is 0 Å². The van der Waals surface area contributed by atoms with E-state index in [0.717, 1.165) is 40.3 Å². The minimum Gasteiger partial charge on any atom is -0.394 e. The van der Waals surface area contributed by atoms with Gasteiger partial charge in [0.05, 0.1) is 35.7 Å². The Morgan fingerprint density at radius 3 is 2.73 bits per heavy atom. The van der Waals surface area contributed by atoms with Crippen LogP contribution in [-0.2, 0) is 6.54 Å². The topological polar surface area (TPSA) is 87.1 Å². The molecule has 0 spiro atoms. The fraction of sp³-hybridized carbons (Fsp3) is 0.192. The predicted molar refractivity (Wildman–Crippen MR) is 123 cm³/mol. The number of aromatic nitrogens is 3. The van der Waals surface area contributed by atoms with E-state index in [-0.39, 0.29) is 18.6 Å². The van der Waals surface area contributed by atoms with Crippen molar-refractivity contribution in [1.29, 1.82) is 5.26 Å². The lowest BCUT2D eigenvalue weighted by Crippen LogP contribution is -2.52. The third-order valence-corrected chi connectivity index (χ3v) is 6.66. The van der Waals surface area contributed by atoms with Crippen molar-refractivity contribution in [3.8, 4) is 34.4 Å². The summed E-state index contributed by atoms with van der Waals surface area (Å²) >= 11 is 0. The fourth-order valence-corrected chi connectivity index (χ4v) is 4.74. The molecule has 2 aromatic carbocycles. The molecule has 33 heavy (non-hydrogen) atoms. The number of benzene rings is 2. The van der Waals surface area contributed by atoms with E-state index >= 15 is 0 Å². The Balaban J connectivity index is 1.41. The molecule has 7 nitrogen and oxygen atoms in total. The van der Waals surface area contributed by atoms with Crippen LogP contribution in [0.25, 0.3) is 28.3 Å². The quantitative estimate of drug-likeness (QED) is 0.470. The molecule has 0 bridgehead atoms. The molecule has 1 fully saturated rings. The molecule has 162 valence electrons. The first-order chi connectivity index (χ1) is 16.2. The van der Waals surface area contributed by atoms with Crippen LogP contribution in [0.1, 0.15) is 27.9 Å². The molecule has 2 aliphatic rings. The molecule has 0 saturated carbocycles. The maximum Gasteiger partial charge on any atom is 0.254 e. The van der Waals surface area contributed by atoms with Crippen molar-refractivity contribution in [3.63, 3.8) is 0 Å². The number of likely N-dealkylation sites (tertiary alicyclic amines) is 1. The molecule has 7 heteroatoms. The lowest BCUT2D eigenvalue weighted by Gasteiger charge is -2.40. The van der Waals surface area contributed by atoms with Crippen molar-refractivity contribution in [1.82, 2.24) is 19.0 Å². The smallest absolute Gasteiger partial charge is 0.254 e. The third kappa shape index (κ3) is 3.07. The Hall–Kier alpha value is -4.15. The molecule has 6 rings (SSSR count). The molecular formula is C26H21N5O2. The monoisotopic (exact) mass is 435 g/mol. The van der Waals surface area contributed by atoms with Crippen LogP contribution in [0.15, 0.2) is 67.1 Å². The van der Waals surface area contributed by atoms with Gasteiger partial charge in [-0.3, -0.25) is 9.36 Å². The highest BCUT2D eigenvalue weighted by molar-refractivity contribution is 5.95. The number of rotatable bonds is 3. The summed E-state index contributed by atoms with van der Waals surface area (Å²) in [4.78, 5) is 19.4. The number of nitriles is 1. The first kappa shape index (κ1) is 19.5. The number of amides is 1. The van der Waals surface area contributed by atoms with Crippen LogP contribution in [0.3, 0.4) is 0 Å². The Morgan fingerprint density at radius 2 is 2.00 bits per heavy atom. The maximum absolute atomic E-state index is 13.0. The number of carbonyl (C=O) groups excluding carboxylic acids is 1. The van der Waals surface area contributed by atoms with Crippen molar-refractivity contribution in [2.75, 3.05) is 13.2 Å². The number of aliphatic hydroxyl groups excluding tert-OH is 1. The van der Waals surface area contributed by atoms with E-state index in [1.54, 1.807) is 11.1 Å². The summed E-state index contributed by atoms with van der Waals surface area (Å²) in [6, 6.07) is 17.5. The van der Waals surface area contributed by atoms with E-state index < -0.39 is 0 Å². The van der Waals surface area contributed by atoms with Crippen LogP contribution in [0.2, 0.25) is 0 Å². The van der Waals surface area contributed by atoms with Gasteiger partial charge in [-0.05, 0) is 53.9 Å². The van der Waals surface area contributed by atoms with Crippen LogP contribution in [0, 0.1) is 11.3 Å². The summed E-state index contributed by atoms with van der Waals surface area (Å²) in [5.41, 5.74) is 6.37. The van der Waals surface area contributed by atoms with Gasteiger partial charge in [0.15, 0.2) is 5.82 Å². The van der Waals surface area contributed by atoms with Crippen molar-refractivity contribution >= 4 is 5.91 Å². The van der Waals surface area contributed by atoms with Gasteiger partial charge in [-0.25, -0.2) is 4.98 Å². The number of hydrogen-bond donors (Lipinski definition) is 1. The summed E-state index contributed by atoms with van der Waals surface area (Å²) < 4.78 is 4.22. The number of hydrogen-bond acceptors (Lipinski definition) is 4. The Labute approximate surface area is 190 Å².